The van der Waals surface area contributed by atoms with Crippen molar-refractivity contribution in [2.45, 2.75) is 18.6 Å². The van der Waals surface area contributed by atoms with Crippen molar-refractivity contribution >= 4 is 27.4 Å². The van der Waals surface area contributed by atoms with E-state index in [0.717, 1.165) is 13.1 Å². The molecule has 0 bridgehead atoms. The molecular weight excluding hydrogens is 400 g/mol. The third kappa shape index (κ3) is 4.38. The number of benzene rings is 1. The monoisotopic (exact) mass is 420 g/mol. The van der Waals surface area contributed by atoms with Crippen LogP contribution in [-0.2, 0) is 6.54 Å². The van der Waals surface area contributed by atoms with Gasteiger partial charge >= 0.3 is 0 Å². The van der Waals surface area contributed by atoms with Crippen molar-refractivity contribution in [1.29, 1.82) is 0 Å². The second-order valence-electron chi connectivity index (χ2n) is 6.78. The summed E-state index contributed by atoms with van der Waals surface area (Å²) < 4.78 is 0.539. The molecule has 1 aromatic carbocycles. The number of aromatic nitrogens is 1. The molecule has 0 aliphatic carbocycles. The van der Waals surface area contributed by atoms with Gasteiger partial charge in [-0.05, 0) is 27.9 Å². The first-order chi connectivity index (χ1) is 12.4. The third-order valence-electron chi connectivity index (χ3n) is 4.57. The van der Waals surface area contributed by atoms with Gasteiger partial charge in [0, 0.05) is 39.3 Å². The number of aliphatic hydroxyl groups is 1. The summed E-state index contributed by atoms with van der Waals surface area (Å²) in [7, 11) is 1.83. The van der Waals surface area contributed by atoms with Gasteiger partial charge in [0.25, 0.3) is 5.69 Å². The Morgan fingerprint density at radius 2 is 2.15 bits per heavy atom. The van der Waals surface area contributed by atoms with Crippen molar-refractivity contribution in [3.63, 3.8) is 0 Å². The molecular formula is C18H21BrN4O3. The van der Waals surface area contributed by atoms with Crippen LogP contribution in [0.1, 0.15) is 12.0 Å². The first-order valence-corrected chi connectivity index (χ1v) is 9.15. The predicted octanol–water partition coefficient (Wildman–Crippen LogP) is 2.83. The molecule has 1 saturated heterocycles. The van der Waals surface area contributed by atoms with Gasteiger partial charge in [-0.3, -0.25) is 15.0 Å². The van der Waals surface area contributed by atoms with Crippen molar-refractivity contribution in [2.75, 3.05) is 31.6 Å². The van der Waals surface area contributed by atoms with Crippen LogP contribution in [0.3, 0.4) is 0 Å². The summed E-state index contributed by atoms with van der Waals surface area (Å²) in [5, 5.41) is 21.8. The fourth-order valence-corrected chi connectivity index (χ4v) is 4.00. The molecule has 0 amide bonds. The lowest BCUT2D eigenvalue weighted by atomic mass is 10.0. The molecule has 0 spiro atoms. The maximum Gasteiger partial charge on any atom is 0.288 e. The van der Waals surface area contributed by atoms with Gasteiger partial charge < -0.3 is 10.0 Å². The van der Waals surface area contributed by atoms with E-state index >= 15 is 0 Å². The Bertz CT molecular complexity index is 789. The molecule has 8 heteroatoms. The van der Waals surface area contributed by atoms with Crippen LogP contribution in [0.5, 0.6) is 0 Å². The van der Waals surface area contributed by atoms with E-state index in [0.29, 0.717) is 29.8 Å². The Balaban J connectivity index is 1.64. The molecule has 3 rings (SSSR count). The van der Waals surface area contributed by atoms with Gasteiger partial charge in [0.05, 0.1) is 15.0 Å². The highest BCUT2D eigenvalue weighted by Gasteiger charge is 2.37. The first kappa shape index (κ1) is 18.8. The van der Waals surface area contributed by atoms with Crippen LogP contribution >= 0.6 is 15.9 Å². The summed E-state index contributed by atoms with van der Waals surface area (Å²) in [6, 6.07) is 11.6. The van der Waals surface area contributed by atoms with Gasteiger partial charge in [0.2, 0.25) is 0 Å². The van der Waals surface area contributed by atoms with E-state index in [1.807, 2.05) is 30.1 Å². The van der Waals surface area contributed by atoms with Crippen molar-refractivity contribution in [2.24, 2.45) is 0 Å². The minimum Gasteiger partial charge on any atom is -0.387 e. The number of β-amino-alcohol motifs (C(OH)–C–C–N with tert-alkyl or cyclic N) is 1. The molecule has 1 aliphatic rings. The van der Waals surface area contributed by atoms with Crippen LogP contribution in [0.2, 0.25) is 0 Å². The fraction of sp³-hybridized carbons (Fsp3) is 0.389. The van der Waals surface area contributed by atoms with E-state index in [9.17, 15) is 15.2 Å². The molecule has 0 saturated carbocycles. The maximum absolute atomic E-state index is 11.0. The second-order valence-corrected chi connectivity index (χ2v) is 7.64. The van der Waals surface area contributed by atoms with Crippen molar-refractivity contribution in [3.8, 4) is 0 Å². The minimum absolute atomic E-state index is 0.0670. The molecule has 1 unspecified atom stereocenters. The zero-order chi connectivity index (χ0) is 18.7. The average Bonchev–Trinajstić information content (AvgIpc) is 2.95. The van der Waals surface area contributed by atoms with E-state index in [4.69, 9.17) is 0 Å². The summed E-state index contributed by atoms with van der Waals surface area (Å²) in [5.74, 6) is 0.575. The summed E-state index contributed by atoms with van der Waals surface area (Å²) in [4.78, 5) is 18.6. The Labute approximate surface area is 160 Å². The number of hydrogen-bond acceptors (Lipinski definition) is 6. The number of likely N-dealkylation sites (N-methyl/N-ethyl adjacent to an activating group) is 1. The number of hydrogen-bond donors (Lipinski definition) is 1. The average molecular weight is 421 g/mol. The van der Waals surface area contributed by atoms with Gasteiger partial charge in [-0.25, -0.2) is 4.98 Å². The van der Waals surface area contributed by atoms with Crippen LogP contribution in [0.15, 0.2) is 47.1 Å². The molecule has 1 N–H and O–H groups in total. The largest absolute Gasteiger partial charge is 0.387 e. The molecule has 1 aromatic heterocycles. The van der Waals surface area contributed by atoms with Gasteiger partial charge in [-0.15, -0.1) is 0 Å². The lowest BCUT2D eigenvalue weighted by Gasteiger charge is -2.30. The van der Waals surface area contributed by atoms with Crippen LogP contribution < -0.4 is 4.90 Å². The summed E-state index contributed by atoms with van der Waals surface area (Å²) >= 11 is 3.34. The van der Waals surface area contributed by atoms with Crippen molar-refractivity contribution < 1.29 is 10.0 Å². The highest BCUT2D eigenvalue weighted by molar-refractivity contribution is 9.10. The maximum atomic E-state index is 11.0. The number of nitro groups is 1. The van der Waals surface area contributed by atoms with Crippen molar-refractivity contribution in [3.05, 3.63) is 62.7 Å². The number of pyridine rings is 1. The molecule has 2 aromatic rings. The lowest BCUT2D eigenvalue weighted by molar-refractivity contribution is -0.385. The highest BCUT2D eigenvalue weighted by atomic mass is 79.9. The molecule has 1 atom stereocenters. The zero-order valence-electron chi connectivity index (χ0n) is 14.5. The molecule has 7 nitrogen and oxygen atoms in total. The van der Waals surface area contributed by atoms with E-state index < -0.39 is 10.5 Å². The normalized spacial score (nSPS) is 20.3. The standard InChI is InChI=1S/C18H21BrN4O3/c1-21(17-16(19)9-15(10-20-17)23(25)26)12-18(24)7-8-22(13-18)11-14-5-3-2-4-6-14/h2-6,9-10,24H,7-8,11-13H2,1H3. The second kappa shape index (κ2) is 7.69. The molecule has 0 radical (unpaired) electrons. The zero-order valence-corrected chi connectivity index (χ0v) is 16.1. The number of nitrogens with zero attached hydrogens (tertiary/aromatic N) is 4. The van der Waals surface area contributed by atoms with Gasteiger partial charge in [-0.2, -0.15) is 0 Å². The van der Waals surface area contributed by atoms with E-state index in [2.05, 4.69) is 37.9 Å². The Hall–Kier alpha value is -2.03. The molecule has 2 heterocycles. The van der Waals surface area contributed by atoms with Crippen LogP contribution in [-0.4, -0.2) is 52.2 Å². The molecule has 138 valence electrons. The summed E-state index contributed by atoms with van der Waals surface area (Å²) in [5.41, 5.74) is 0.319. The van der Waals surface area contributed by atoms with Crippen LogP contribution in [0.25, 0.3) is 0 Å². The third-order valence-corrected chi connectivity index (χ3v) is 5.16. The SMILES string of the molecule is CN(CC1(O)CCN(Cc2ccccc2)C1)c1ncc([N+](=O)[O-])cc1Br. The fourth-order valence-electron chi connectivity index (χ4n) is 3.36. The van der Waals surface area contributed by atoms with E-state index in [1.165, 1.54) is 17.8 Å². The van der Waals surface area contributed by atoms with Gasteiger partial charge in [0.1, 0.15) is 12.0 Å². The van der Waals surface area contributed by atoms with Gasteiger partial charge in [0.15, 0.2) is 0 Å². The molecule has 26 heavy (non-hydrogen) atoms. The molecule has 1 aliphatic heterocycles. The Morgan fingerprint density at radius 1 is 1.42 bits per heavy atom. The van der Waals surface area contributed by atoms with Crippen molar-refractivity contribution in [1.82, 2.24) is 9.88 Å². The van der Waals surface area contributed by atoms with E-state index in [-0.39, 0.29) is 5.69 Å². The number of likely N-dealkylation sites (tertiary alicyclic amines) is 1. The summed E-state index contributed by atoms with van der Waals surface area (Å²) in [6.45, 7) is 2.62. The smallest absolute Gasteiger partial charge is 0.288 e. The van der Waals surface area contributed by atoms with E-state index in [1.54, 1.807) is 0 Å². The number of halogens is 1. The Kier molecular flexibility index (Phi) is 5.55. The number of rotatable bonds is 6. The number of anilines is 1. The molecule has 1 fully saturated rings. The first-order valence-electron chi connectivity index (χ1n) is 8.36. The quantitative estimate of drug-likeness (QED) is 0.571. The van der Waals surface area contributed by atoms with Crippen LogP contribution in [0.4, 0.5) is 11.5 Å². The summed E-state index contributed by atoms with van der Waals surface area (Å²) in [6.07, 6.45) is 1.91. The van der Waals surface area contributed by atoms with Crippen LogP contribution in [0, 0.1) is 10.1 Å². The highest BCUT2D eigenvalue weighted by Crippen LogP contribution is 2.30. The topological polar surface area (TPSA) is 82.7 Å². The minimum atomic E-state index is -0.841. The Morgan fingerprint density at radius 3 is 2.81 bits per heavy atom. The van der Waals surface area contributed by atoms with Gasteiger partial charge in [-0.1, -0.05) is 30.3 Å². The predicted molar refractivity (Wildman–Crippen MR) is 103 cm³/mol. The lowest BCUT2D eigenvalue weighted by Crippen LogP contribution is -2.44.